The molecule has 148 valence electrons. The zero-order chi connectivity index (χ0) is 20.6. The minimum Gasteiger partial charge on any atom is -0.385 e. The Bertz CT molecular complexity index is 743. The molecule has 0 aliphatic rings. The van der Waals surface area contributed by atoms with Gasteiger partial charge in [0.15, 0.2) is 0 Å². The molecule has 27 heavy (non-hydrogen) atoms. The molecule has 0 aliphatic carbocycles. The van der Waals surface area contributed by atoms with E-state index >= 15 is 0 Å². The van der Waals surface area contributed by atoms with Crippen molar-refractivity contribution in [3.63, 3.8) is 0 Å². The SMILES string of the molecule is N=C/C(=C\NCC(F)F)C/C(=C/C(=N)C(F)(F)F)Nc1ccc(F)cc1I. The van der Waals surface area contributed by atoms with Gasteiger partial charge in [0.2, 0.25) is 0 Å². The Morgan fingerprint density at radius 3 is 2.44 bits per heavy atom. The highest BCUT2D eigenvalue weighted by Crippen LogP contribution is 2.24. The maximum Gasteiger partial charge on any atom is 0.432 e. The van der Waals surface area contributed by atoms with E-state index in [1.807, 2.05) is 0 Å². The Hall–Kier alpha value is -2.05. The average molecular weight is 504 g/mol. The van der Waals surface area contributed by atoms with Crippen LogP contribution in [0.25, 0.3) is 0 Å². The van der Waals surface area contributed by atoms with Gasteiger partial charge in [0.1, 0.15) is 11.5 Å². The molecular formula is C16H15F6IN4. The van der Waals surface area contributed by atoms with Crippen LogP contribution in [0, 0.1) is 20.2 Å². The van der Waals surface area contributed by atoms with E-state index < -0.39 is 30.7 Å². The molecule has 4 N–H and O–H groups in total. The molecule has 0 spiro atoms. The van der Waals surface area contributed by atoms with E-state index in [4.69, 9.17) is 10.8 Å². The van der Waals surface area contributed by atoms with Gasteiger partial charge in [-0.1, -0.05) is 0 Å². The smallest absolute Gasteiger partial charge is 0.385 e. The van der Waals surface area contributed by atoms with Crippen LogP contribution in [0.3, 0.4) is 0 Å². The van der Waals surface area contributed by atoms with Crippen molar-refractivity contribution in [3.05, 3.63) is 51.1 Å². The van der Waals surface area contributed by atoms with E-state index in [-0.39, 0.29) is 17.7 Å². The quantitative estimate of drug-likeness (QED) is 0.215. The lowest BCUT2D eigenvalue weighted by Gasteiger charge is -2.15. The second-order valence-corrected chi connectivity index (χ2v) is 6.33. The average Bonchev–Trinajstić information content (AvgIpc) is 2.55. The van der Waals surface area contributed by atoms with E-state index in [1.54, 1.807) is 22.6 Å². The summed E-state index contributed by atoms with van der Waals surface area (Å²) < 4.78 is 76.0. The van der Waals surface area contributed by atoms with Crippen LogP contribution in [0.1, 0.15) is 6.42 Å². The number of nitrogens with one attached hydrogen (secondary N) is 4. The van der Waals surface area contributed by atoms with Crippen LogP contribution in [0.2, 0.25) is 0 Å². The number of allylic oxidation sites excluding steroid dienone is 2. The van der Waals surface area contributed by atoms with Crippen molar-refractivity contribution >= 4 is 40.2 Å². The van der Waals surface area contributed by atoms with Gasteiger partial charge in [-0.3, -0.25) is 5.41 Å². The standard InChI is InChI=1S/C16H15F6IN4/c17-10-1-2-13(12(23)4-10)27-11(5-14(25)16(20,21)22)3-9(6-24)7-26-8-15(18)19/h1-2,4-7,15,24-27H,3,8H2/b9-7-,11-5-,24-6?,25-14?. The predicted octanol–water partition coefficient (Wildman–Crippen LogP) is 5.09. The number of benzene rings is 1. The summed E-state index contributed by atoms with van der Waals surface area (Å²) in [6.45, 7) is -0.682. The second-order valence-electron chi connectivity index (χ2n) is 5.17. The summed E-state index contributed by atoms with van der Waals surface area (Å²) in [5.74, 6) is -0.533. The van der Waals surface area contributed by atoms with E-state index in [2.05, 4.69) is 10.6 Å². The molecule has 0 aromatic heterocycles. The molecule has 0 fully saturated rings. The molecule has 0 heterocycles. The van der Waals surface area contributed by atoms with Crippen molar-refractivity contribution in [3.8, 4) is 0 Å². The third-order valence-corrected chi connectivity index (χ3v) is 3.88. The van der Waals surface area contributed by atoms with Crippen LogP contribution in [0.5, 0.6) is 0 Å². The Labute approximate surface area is 164 Å². The third-order valence-electron chi connectivity index (χ3n) is 2.99. The highest BCUT2D eigenvalue weighted by atomic mass is 127. The van der Waals surface area contributed by atoms with Crippen LogP contribution in [0.4, 0.5) is 32.0 Å². The van der Waals surface area contributed by atoms with Gasteiger partial charge in [0, 0.05) is 28.1 Å². The van der Waals surface area contributed by atoms with Crippen molar-refractivity contribution in [2.45, 2.75) is 19.0 Å². The minimum absolute atomic E-state index is 0.0986. The van der Waals surface area contributed by atoms with Crippen LogP contribution in [-0.2, 0) is 0 Å². The fourth-order valence-corrected chi connectivity index (χ4v) is 2.41. The molecule has 0 saturated carbocycles. The summed E-state index contributed by atoms with van der Waals surface area (Å²) in [5.41, 5.74) is -1.35. The molecule has 1 aromatic carbocycles. The topological polar surface area (TPSA) is 71.8 Å². The van der Waals surface area contributed by atoms with Crippen molar-refractivity contribution in [2.75, 3.05) is 11.9 Å². The fourth-order valence-electron chi connectivity index (χ4n) is 1.79. The molecule has 4 nitrogen and oxygen atoms in total. The van der Waals surface area contributed by atoms with Gasteiger partial charge in [-0.2, -0.15) is 13.2 Å². The molecule has 0 bridgehead atoms. The Balaban J connectivity index is 3.11. The van der Waals surface area contributed by atoms with Gasteiger partial charge < -0.3 is 16.0 Å². The summed E-state index contributed by atoms with van der Waals surface area (Å²) in [4.78, 5) is 0. The first-order valence-corrected chi connectivity index (χ1v) is 8.40. The van der Waals surface area contributed by atoms with Gasteiger partial charge in [0.05, 0.1) is 12.2 Å². The van der Waals surface area contributed by atoms with Crippen LogP contribution in [0.15, 0.2) is 41.7 Å². The van der Waals surface area contributed by atoms with E-state index in [9.17, 15) is 26.3 Å². The molecule has 1 aromatic rings. The zero-order valence-electron chi connectivity index (χ0n) is 13.6. The summed E-state index contributed by atoms with van der Waals surface area (Å²) in [7, 11) is 0. The zero-order valence-corrected chi connectivity index (χ0v) is 15.8. The largest absolute Gasteiger partial charge is 0.432 e. The lowest BCUT2D eigenvalue weighted by molar-refractivity contribution is -0.0584. The normalized spacial score (nSPS) is 12.9. The molecule has 11 heteroatoms. The highest BCUT2D eigenvalue weighted by molar-refractivity contribution is 14.1. The lowest BCUT2D eigenvalue weighted by Crippen LogP contribution is -2.21. The maximum atomic E-state index is 13.2. The monoisotopic (exact) mass is 504 g/mol. The third kappa shape index (κ3) is 8.45. The van der Waals surface area contributed by atoms with E-state index in [0.29, 0.717) is 15.3 Å². The van der Waals surface area contributed by atoms with Crippen molar-refractivity contribution in [1.82, 2.24) is 5.32 Å². The molecular weight excluding hydrogens is 489 g/mol. The molecule has 1 rings (SSSR count). The van der Waals surface area contributed by atoms with Gasteiger partial charge in [0.25, 0.3) is 6.43 Å². The summed E-state index contributed by atoms with van der Waals surface area (Å²) >= 11 is 1.78. The summed E-state index contributed by atoms with van der Waals surface area (Å²) in [6, 6.07) is 3.58. The Kier molecular flexibility index (Phi) is 8.79. The van der Waals surface area contributed by atoms with Gasteiger partial charge in [-0.25, -0.2) is 13.2 Å². The number of anilines is 1. The Morgan fingerprint density at radius 2 is 1.93 bits per heavy atom. The van der Waals surface area contributed by atoms with Crippen LogP contribution in [-0.4, -0.2) is 31.1 Å². The number of alkyl halides is 5. The highest BCUT2D eigenvalue weighted by Gasteiger charge is 2.33. The first-order valence-electron chi connectivity index (χ1n) is 7.32. The van der Waals surface area contributed by atoms with Crippen LogP contribution >= 0.6 is 22.6 Å². The lowest BCUT2D eigenvalue weighted by atomic mass is 10.1. The van der Waals surface area contributed by atoms with Gasteiger partial charge in [-0.05, 0) is 52.4 Å². The van der Waals surface area contributed by atoms with Crippen molar-refractivity contribution < 1.29 is 26.3 Å². The predicted molar refractivity (Wildman–Crippen MR) is 100 cm³/mol. The van der Waals surface area contributed by atoms with Crippen molar-refractivity contribution in [1.29, 1.82) is 10.8 Å². The van der Waals surface area contributed by atoms with Gasteiger partial charge in [-0.15, -0.1) is 0 Å². The molecule has 0 unspecified atom stereocenters. The summed E-state index contributed by atoms with van der Waals surface area (Å²) in [5, 5.41) is 19.3. The first-order chi connectivity index (χ1) is 12.5. The molecule has 0 amide bonds. The van der Waals surface area contributed by atoms with Gasteiger partial charge >= 0.3 is 6.18 Å². The molecule has 0 atom stereocenters. The number of rotatable bonds is 9. The number of halogens is 7. The minimum atomic E-state index is -4.88. The van der Waals surface area contributed by atoms with E-state index in [1.165, 1.54) is 6.07 Å². The maximum absolute atomic E-state index is 13.2. The number of hydrogen-bond acceptors (Lipinski definition) is 4. The van der Waals surface area contributed by atoms with Crippen molar-refractivity contribution in [2.24, 2.45) is 0 Å². The molecule has 0 aliphatic heterocycles. The molecule has 0 saturated heterocycles. The first kappa shape index (κ1) is 23.0. The number of hydrogen-bond donors (Lipinski definition) is 4. The van der Waals surface area contributed by atoms with E-state index in [0.717, 1.165) is 24.5 Å². The summed E-state index contributed by atoms with van der Waals surface area (Å²) in [6.07, 6.45) is -5.39. The fraction of sp³-hybridized carbons (Fsp3) is 0.250. The molecule has 0 radical (unpaired) electrons. The Morgan fingerprint density at radius 1 is 1.26 bits per heavy atom. The second kappa shape index (κ2) is 10.3. The van der Waals surface area contributed by atoms with Crippen LogP contribution < -0.4 is 10.6 Å².